The van der Waals surface area contributed by atoms with E-state index in [1.807, 2.05) is 18.2 Å². The number of allylic oxidation sites excluding steroid dienone is 1. The lowest BCUT2D eigenvalue weighted by Crippen LogP contribution is -2.57. The smallest absolute Gasteiger partial charge is 0.325 e. The SMILES string of the molecule is CCCC/C=C/CCN1C(=O)C2C(c3ccccc3C#N)NC(CC(=O)O)(C(=O)O)C2C1=O. The van der Waals surface area contributed by atoms with Crippen molar-refractivity contribution in [3.8, 4) is 6.07 Å². The Hall–Kier alpha value is -3.51. The molecule has 174 valence electrons. The number of amides is 2. The molecule has 0 aromatic heterocycles. The number of nitrogens with zero attached hydrogens (tertiary/aromatic N) is 2. The summed E-state index contributed by atoms with van der Waals surface area (Å²) in [6, 6.07) is 7.44. The highest BCUT2D eigenvalue weighted by atomic mass is 16.4. The number of imide groups is 1. The summed E-state index contributed by atoms with van der Waals surface area (Å²) < 4.78 is 0. The number of fused-ring (bicyclic) bond motifs is 1. The molecule has 0 radical (unpaired) electrons. The van der Waals surface area contributed by atoms with Gasteiger partial charge < -0.3 is 10.2 Å². The molecule has 0 aliphatic carbocycles. The predicted octanol–water partition coefficient (Wildman–Crippen LogP) is 2.24. The number of nitrogens with one attached hydrogen (secondary N) is 1. The molecule has 2 aliphatic heterocycles. The third-order valence-electron chi connectivity index (χ3n) is 6.38. The zero-order valence-corrected chi connectivity index (χ0v) is 18.4. The third kappa shape index (κ3) is 4.39. The number of likely N-dealkylation sites (tertiary alicyclic amines) is 1. The first-order valence-electron chi connectivity index (χ1n) is 11.0. The van der Waals surface area contributed by atoms with Crippen molar-refractivity contribution < 1.29 is 29.4 Å². The molecule has 3 rings (SSSR count). The van der Waals surface area contributed by atoms with Gasteiger partial charge in [0.15, 0.2) is 0 Å². The zero-order chi connectivity index (χ0) is 24.2. The molecule has 1 aromatic carbocycles. The largest absolute Gasteiger partial charge is 0.481 e. The van der Waals surface area contributed by atoms with E-state index in [2.05, 4.69) is 12.2 Å². The Kier molecular flexibility index (Phi) is 7.29. The maximum Gasteiger partial charge on any atom is 0.325 e. The second-order valence-corrected chi connectivity index (χ2v) is 8.40. The Morgan fingerprint density at radius 3 is 2.52 bits per heavy atom. The highest BCUT2D eigenvalue weighted by Gasteiger charge is 2.69. The van der Waals surface area contributed by atoms with Crippen LogP contribution in [-0.2, 0) is 19.2 Å². The average Bonchev–Trinajstić information content (AvgIpc) is 3.25. The van der Waals surface area contributed by atoms with Gasteiger partial charge in [0.05, 0.1) is 29.9 Å². The minimum Gasteiger partial charge on any atom is -0.481 e. The van der Waals surface area contributed by atoms with Crippen molar-refractivity contribution in [3.63, 3.8) is 0 Å². The Morgan fingerprint density at radius 2 is 1.88 bits per heavy atom. The summed E-state index contributed by atoms with van der Waals surface area (Å²) in [5.41, 5.74) is -1.57. The number of unbranched alkanes of at least 4 members (excludes halogenated alkanes) is 2. The number of hydrogen-bond donors (Lipinski definition) is 3. The van der Waals surface area contributed by atoms with Crippen molar-refractivity contribution >= 4 is 23.8 Å². The lowest BCUT2D eigenvalue weighted by molar-refractivity contribution is -0.156. The number of carboxylic acids is 2. The van der Waals surface area contributed by atoms with Crippen molar-refractivity contribution in [2.24, 2.45) is 11.8 Å². The molecule has 9 heteroatoms. The van der Waals surface area contributed by atoms with Crippen LogP contribution in [0.3, 0.4) is 0 Å². The first kappa shape index (κ1) is 24.1. The van der Waals surface area contributed by atoms with Crippen molar-refractivity contribution in [3.05, 3.63) is 47.5 Å². The number of carbonyl (C=O) groups excluding carboxylic acids is 2. The summed E-state index contributed by atoms with van der Waals surface area (Å²) in [4.78, 5) is 51.7. The van der Waals surface area contributed by atoms with E-state index < -0.39 is 53.6 Å². The lowest BCUT2D eigenvalue weighted by Gasteiger charge is -2.29. The van der Waals surface area contributed by atoms with Crippen molar-refractivity contribution in [2.75, 3.05) is 6.54 Å². The second kappa shape index (κ2) is 9.96. The fourth-order valence-corrected chi connectivity index (χ4v) is 4.85. The molecule has 2 fully saturated rings. The van der Waals surface area contributed by atoms with Crippen molar-refractivity contribution in [1.82, 2.24) is 10.2 Å². The Morgan fingerprint density at radius 1 is 1.18 bits per heavy atom. The summed E-state index contributed by atoms with van der Waals surface area (Å²) in [7, 11) is 0. The molecule has 1 aromatic rings. The van der Waals surface area contributed by atoms with E-state index in [-0.39, 0.29) is 12.1 Å². The monoisotopic (exact) mass is 453 g/mol. The van der Waals surface area contributed by atoms with Gasteiger partial charge >= 0.3 is 11.9 Å². The lowest BCUT2D eigenvalue weighted by atomic mass is 9.77. The van der Waals surface area contributed by atoms with Crippen molar-refractivity contribution in [2.45, 2.75) is 50.6 Å². The van der Waals surface area contributed by atoms with Gasteiger partial charge in [0.25, 0.3) is 0 Å². The number of carbonyl (C=O) groups is 4. The minimum atomic E-state index is -2.16. The Labute approximate surface area is 191 Å². The molecular formula is C24H27N3O6. The molecule has 0 spiro atoms. The predicted molar refractivity (Wildman–Crippen MR) is 117 cm³/mol. The molecule has 4 atom stereocenters. The van der Waals surface area contributed by atoms with E-state index in [9.17, 15) is 34.7 Å². The number of benzene rings is 1. The number of hydrogen-bond acceptors (Lipinski definition) is 6. The molecule has 2 amide bonds. The number of rotatable bonds is 10. The molecule has 9 nitrogen and oxygen atoms in total. The zero-order valence-electron chi connectivity index (χ0n) is 18.4. The summed E-state index contributed by atoms with van der Waals surface area (Å²) in [6.45, 7) is 2.16. The summed E-state index contributed by atoms with van der Waals surface area (Å²) in [6.07, 6.45) is 6.38. The first-order chi connectivity index (χ1) is 15.8. The quantitative estimate of drug-likeness (QED) is 0.277. The van der Waals surface area contributed by atoms with Gasteiger partial charge in [-0.2, -0.15) is 5.26 Å². The standard InChI is InChI=1S/C24H27N3O6/c1-2-3-4-5-6-9-12-27-21(30)18-19(22(27)31)24(23(32)33,13-17(28)29)26-20(18)16-11-8-7-10-15(16)14-25/h5-8,10-11,18-20,26H,2-4,9,12-13H2,1H3,(H,28,29)(H,32,33)/b6-5+. The van der Waals surface area contributed by atoms with Crippen LogP contribution in [0.4, 0.5) is 0 Å². The van der Waals surface area contributed by atoms with Gasteiger partial charge in [0.1, 0.15) is 5.54 Å². The van der Waals surface area contributed by atoms with Crippen LogP contribution >= 0.6 is 0 Å². The van der Waals surface area contributed by atoms with Crippen molar-refractivity contribution in [1.29, 1.82) is 5.26 Å². The molecule has 2 aliphatic rings. The molecule has 0 saturated carbocycles. The van der Waals surface area contributed by atoms with E-state index in [1.165, 1.54) is 6.07 Å². The van der Waals surface area contributed by atoms with E-state index in [4.69, 9.17) is 0 Å². The molecular weight excluding hydrogens is 426 g/mol. The van der Waals surface area contributed by atoms with Crippen LogP contribution in [-0.4, -0.2) is 50.9 Å². The van der Waals surface area contributed by atoms with E-state index in [0.717, 1.165) is 24.2 Å². The van der Waals surface area contributed by atoms with Crippen LogP contribution in [0.15, 0.2) is 36.4 Å². The van der Waals surface area contributed by atoms with E-state index in [0.29, 0.717) is 12.0 Å². The van der Waals surface area contributed by atoms with Crippen LogP contribution in [0.25, 0.3) is 0 Å². The van der Waals surface area contributed by atoms with Gasteiger partial charge in [-0.05, 0) is 24.5 Å². The number of nitriles is 1. The first-order valence-corrected chi connectivity index (χ1v) is 11.0. The van der Waals surface area contributed by atoms with Crippen LogP contribution < -0.4 is 5.32 Å². The van der Waals surface area contributed by atoms with Gasteiger partial charge in [-0.3, -0.25) is 29.4 Å². The summed E-state index contributed by atoms with van der Waals surface area (Å²) in [5, 5.41) is 31.8. The maximum atomic E-state index is 13.4. The van der Waals surface area contributed by atoms with Crippen LogP contribution in [0.5, 0.6) is 0 Å². The molecule has 3 N–H and O–H groups in total. The topological polar surface area (TPSA) is 148 Å². The highest BCUT2D eigenvalue weighted by molar-refractivity contribution is 6.10. The highest BCUT2D eigenvalue weighted by Crippen LogP contribution is 2.50. The number of aliphatic carboxylic acids is 2. The van der Waals surface area contributed by atoms with Gasteiger partial charge in [0, 0.05) is 12.6 Å². The summed E-state index contributed by atoms with van der Waals surface area (Å²) >= 11 is 0. The Balaban J connectivity index is 2.00. The maximum absolute atomic E-state index is 13.4. The second-order valence-electron chi connectivity index (χ2n) is 8.40. The number of carboxylic acid groups (broad SMARTS) is 2. The fourth-order valence-electron chi connectivity index (χ4n) is 4.85. The van der Waals surface area contributed by atoms with E-state index in [1.54, 1.807) is 18.2 Å². The molecule has 2 saturated heterocycles. The molecule has 4 unspecified atom stereocenters. The minimum absolute atomic E-state index is 0.0860. The molecule has 2 heterocycles. The van der Waals surface area contributed by atoms with Gasteiger partial charge in [0.2, 0.25) is 11.8 Å². The Bertz CT molecular complexity index is 1030. The fraction of sp³-hybridized carbons (Fsp3) is 0.458. The van der Waals surface area contributed by atoms with Gasteiger partial charge in [-0.25, -0.2) is 0 Å². The normalized spacial score (nSPS) is 26.5. The van der Waals surface area contributed by atoms with Crippen LogP contribution in [0, 0.1) is 23.2 Å². The van der Waals surface area contributed by atoms with Crippen LogP contribution in [0.2, 0.25) is 0 Å². The molecule has 33 heavy (non-hydrogen) atoms. The third-order valence-corrected chi connectivity index (χ3v) is 6.38. The van der Waals surface area contributed by atoms with Gasteiger partial charge in [-0.1, -0.05) is 50.1 Å². The van der Waals surface area contributed by atoms with E-state index >= 15 is 0 Å². The van der Waals surface area contributed by atoms with Crippen LogP contribution in [0.1, 0.15) is 56.2 Å². The van der Waals surface area contributed by atoms with Gasteiger partial charge in [-0.15, -0.1) is 0 Å². The molecule has 0 bridgehead atoms. The average molecular weight is 453 g/mol. The summed E-state index contributed by atoms with van der Waals surface area (Å²) in [5.74, 6) is -6.67.